The molecule has 2 aliphatic heterocycles. The van der Waals surface area contributed by atoms with Gasteiger partial charge >= 0.3 is 30.4 Å². The minimum atomic E-state index is -4.77. The Balaban J connectivity index is 1.09. The fraction of sp³-hybridized carbons (Fsp3) is 0.424. The lowest BCUT2D eigenvalue weighted by atomic mass is 9.80. The molecule has 1 saturated carbocycles. The highest BCUT2D eigenvalue weighted by Crippen LogP contribution is 2.43. The number of urea groups is 2. The molecule has 2 N–H and O–H groups in total. The lowest BCUT2D eigenvalue weighted by Gasteiger charge is -2.32. The molecule has 7 rings (SSSR count). The van der Waals surface area contributed by atoms with Crippen molar-refractivity contribution in [1.82, 2.24) is 25.3 Å². The topological polar surface area (TPSA) is 136 Å². The average molecular weight is 734 g/mol. The Bertz CT molecular complexity index is 1960. The summed E-state index contributed by atoms with van der Waals surface area (Å²) in [7, 11) is 0. The van der Waals surface area contributed by atoms with Crippen molar-refractivity contribution in [3.8, 4) is 0 Å². The summed E-state index contributed by atoms with van der Waals surface area (Å²) in [6.45, 7) is 4.17. The van der Waals surface area contributed by atoms with E-state index in [1.807, 2.05) is 0 Å². The number of halogens is 6. The molecule has 276 valence electrons. The van der Waals surface area contributed by atoms with E-state index in [9.17, 15) is 35.9 Å². The van der Waals surface area contributed by atoms with Gasteiger partial charge in [0, 0.05) is 38.2 Å². The Morgan fingerprint density at radius 1 is 0.731 bits per heavy atom. The highest BCUT2D eigenvalue weighted by Gasteiger charge is 2.42. The van der Waals surface area contributed by atoms with E-state index in [1.165, 1.54) is 53.1 Å². The summed E-state index contributed by atoms with van der Waals surface area (Å²) in [6, 6.07) is 7.91. The largest absolute Gasteiger partial charge is 0.416 e. The third-order valence-electron chi connectivity index (χ3n) is 9.25. The molecule has 2 aromatic carbocycles. The van der Waals surface area contributed by atoms with Gasteiger partial charge in [0.25, 0.3) is 0 Å². The first-order valence-electron chi connectivity index (χ1n) is 16.5. The highest BCUT2D eigenvalue weighted by molar-refractivity contribution is 5.90. The molecule has 13 nitrogen and oxygen atoms in total. The monoisotopic (exact) mass is 733 g/mol. The van der Waals surface area contributed by atoms with E-state index in [0.717, 1.165) is 31.0 Å². The number of benzene rings is 2. The van der Waals surface area contributed by atoms with Crippen LogP contribution in [-0.2, 0) is 17.8 Å². The van der Waals surface area contributed by atoms with Gasteiger partial charge in [-0.25, -0.2) is 19.6 Å². The van der Waals surface area contributed by atoms with Crippen LogP contribution in [0.4, 0.5) is 59.1 Å². The number of nitrogens with zero attached hydrogens (tertiary/aromatic N) is 7. The fourth-order valence-electron chi connectivity index (χ4n) is 6.35. The number of carbonyl (C=O) groups excluding carboxylic acids is 2. The molecular formula is C33H33F6N9O4. The quantitative estimate of drug-likeness (QED) is 0.184. The van der Waals surface area contributed by atoms with Gasteiger partial charge in [-0.05, 0) is 87.6 Å². The molecule has 0 radical (unpaired) electrons. The van der Waals surface area contributed by atoms with Crippen LogP contribution in [-0.4, -0.2) is 63.6 Å². The Kier molecular flexibility index (Phi) is 8.69. The molecule has 4 aromatic rings. The third kappa shape index (κ3) is 6.90. The summed E-state index contributed by atoms with van der Waals surface area (Å²) in [6.07, 6.45) is -6.24. The lowest BCUT2D eigenvalue weighted by Crippen LogP contribution is -2.44. The van der Waals surface area contributed by atoms with Crippen LogP contribution in [0.2, 0.25) is 0 Å². The number of anilines is 4. The zero-order chi connectivity index (χ0) is 37.0. The molecule has 4 amide bonds. The molecule has 0 unspecified atom stereocenters. The summed E-state index contributed by atoms with van der Waals surface area (Å²) in [5, 5.41) is 18.7. The second kappa shape index (κ2) is 12.9. The number of nitrogens with one attached hydrogen (secondary N) is 2. The second-order valence-corrected chi connectivity index (χ2v) is 13.3. The number of hydrazine groups is 2. The zero-order valence-electron chi connectivity index (χ0n) is 27.9. The Morgan fingerprint density at radius 2 is 1.35 bits per heavy atom. The number of aromatic nitrogens is 3. The van der Waals surface area contributed by atoms with E-state index in [4.69, 9.17) is 9.05 Å². The number of rotatable bonds is 7. The van der Waals surface area contributed by atoms with Crippen molar-refractivity contribution in [2.45, 2.75) is 63.2 Å². The summed E-state index contributed by atoms with van der Waals surface area (Å²) in [4.78, 5) is 30.7. The van der Waals surface area contributed by atoms with Gasteiger partial charge in [-0.15, -0.1) is 0 Å². The van der Waals surface area contributed by atoms with Gasteiger partial charge in [-0.2, -0.15) is 31.3 Å². The van der Waals surface area contributed by atoms with Crippen molar-refractivity contribution in [2.75, 3.05) is 46.8 Å². The van der Waals surface area contributed by atoms with E-state index in [1.54, 1.807) is 11.1 Å². The highest BCUT2D eigenvalue weighted by atomic mass is 19.4. The number of alkyl halides is 6. The Morgan fingerprint density at radius 3 is 1.96 bits per heavy atom. The standard InChI is InChI=1S/C33H33F6N9O4/c1-31(2,27-41-28(52-44-27)42-30(50)48-16-3-13-45(48)21-9-7-20(8-10-21)32(34,35)36)24-17-22(11-12-23(24)33(37,38)39)46-14-4-15-47(46)29(49)40-26-18-25(51-43-26)19-5-6-19/h7-12,17-19H,3-6,13-16H2,1-2H3,(H,40,43,49)(H,41,42,44,50). The van der Waals surface area contributed by atoms with Crippen LogP contribution in [0.3, 0.4) is 0 Å². The molecule has 3 aliphatic rings. The summed E-state index contributed by atoms with van der Waals surface area (Å²) >= 11 is 0. The lowest BCUT2D eigenvalue weighted by molar-refractivity contribution is -0.139. The summed E-state index contributed by atoms with van der Waals surface area (Å²) in [5.41, 5.74) is -2.85. The molecule has 0 bridgehead atoms. The minimum absolute atomic E-state index is 0.167. The van der Waals surface area contributed by atoms with Gasteiger partial charge in [-0.1, -0.05) is 10.3 Å². The van der Waals surface area contributed by atoms with Crippen LogP contribution in [0.1, 0.15) is 73.7 Å². The maximum absolute atomic E-state index is 14.4. The number of hydrogen-bond donors (Lipinski definition) is 2. The van der Waals surface area contributed by atoms with Crippen molar-refractivity contribution >= 4 is 35.3 Å². The average Bonchev–Trinajstić information content (AvgIpc) is 3.55. The van der Waals surface area contributed by atoms with Gasteiger partial charge in [-0.3, -0.25) is 20.7 Å². The molecular weight excluding hydrogens is 700 g/mol. The van der Waals surface area contributed by atoms with Crippen LogP contribution >= 0.6 is 0 Å². The van der Waals surface area contributed by atoms with Gasteiger partial charge in [0.2, 0.25) is 0 Å². The van der Waals surface area contributed by atoms with Crippen LogP contribution < -0.4 is 20.7 Å². The van der Waals surface area contributed by atoms with Crippen molar-refractivity contribution in [3.05, 3.63) is 76.8 Å². The smallest absolute Gasteiger partial charge is 0.359 e. The molecule has 0 atom stereocenters. The number of amides is 4. The molecule has 4 heterocycles. The van der Waals surface area contributed by atoms with E-state index in [2.05, 4.69) is 25.9 Å². The first-order chi connectivity index (χ1) is 24.6. The molecule has 2 aromatic heterocycles. The number of carbonyl (C=O) groups is 2. The van der Waals surface area contributed by atoms with Gasteiger partial charge in [0.15, 0.2) is 11.6 Å². The summed E-state index contributed by atoms with van der Waals surface area (Å²) < 4.78 is 93.0. The molecule has 1 aliphatic carbocycles. The SMILES string of the molecule is CC(C)(c1noc(NC(=O)N2CCCN2c2ccc(C(F)(F)F)cc2)n1)c1cc(N2CCCN2C(=O)Nc2cc(C3CC3)on2)ccc1C(F)(F)F. The third-order valence-corrected chi connectivity index (χ3v) is 9.25. The zero-order valence-corrected chi connectivity index (χ0v) is 27.9. The van der Waals surface area contributed by atoms with Crippen LogP contribution in [0, 0.1) is 0 Å². The van der Waals surface area contributed by atoms with Crippen LogP contribution in [0.25, 0.3) is 0 Å². The molecule has 3 fully saturated rings. The van der Waals surface area contributed by atoms with Crippen LogP contribution in [0.5, 0.6) is 0 Å². The molecule has 2 saturated heterocycles. The van der Waals surface area contributed by atoms with E-state index >= 15 is 0 Å². The van der Waals surface area contributed by atoms with E-state index < -0.39 is 47.0 Å². The fourth-order valence-corrected chi connectivity index (χ4v) is 6.35. The summed E-state index contributed by atoms with van der Waals surface area (Å²) in [5.74, 6) is 1.05. The van der Waals surface area contributed by atoms with Gasteiger partial charge in [0.1, 0.15) is 5.76 Å². The Hall–Kier alpha value is -5.49. The predicted molar refractivity (Wildman–Crippen MR) is 173 cm³/mol. The molecule has 52 heavy (non-hydrogen) atoms. The van der Waals surface area contributed by atoms with Crippen LogP contribution in [0.15, 0.2) is 57.6 Å². The van der Waals surface area contributed by atoms with E-state index in [0.29, 0.717) is 55.5 Å². The predicted octanol–water partition coefficient (Wildman–Crippen LogP) is 7.62. The molecule has 19 heteroatoms. The molecule has 0 spiro atoms. The Labute approximate surface area is 292 Å². The van der Waals surface area contributed by atoms with E-state index in [-0.39, 0.29) is 23.8 Å². The second-order valence-electron chi connectivity index (χ2n) is 13.3. The van der Waals surface area contributed by atoms with Crippen molar-refractivity contribution in [3.63, 3.8) is 0 Å². The van der Waals surface area contributed by atoms with Crippen molar-refractivity contribution in [1.29, 1.82) is 0 Å². The van der Waals surface area contributed by atoms with Crippen molar-refractivity contribution < 1.29 is 45.0 Å². The van der Waals surface area contributed by atoms with Gasteiger partial charge in [0.05, 0.1) is 27.9 Å². The van der Waals surface area contributed by atoms with Gasteiger partial charge < -0.3 is 9.05 Å². The first kappa shape index (κ1) is 34.9. The number of hydrogen-bond acceptors (Lipinski definition) is 9. The minimum Gasteiger partial charge on any atom is -0.359 e. The van der Waals surface area contributed by atoms with Crippen molar-refractivity contribution in [2.24, 2.45) is 0 Å². The maximum atomic E-state index is 14.4. The maximum Gasteiger partial charge on any atom is 0.416 e. The first-order valence-corrected chi connectivity index (χ1v) is 16.5. The normalized spacial score (nSPS) is 16.9.